The number of anilines is 1. The first-order valence-corrected chi connectivity index (χ1v) is 9.27. The minimum Gasteiger partial charge on any atom is -0.497 e. The molecule has 0 aliphatic carbocycles. The fourth-order valence-electron chi connectivity index (χ4n) is 3.44. The standard InChI is InChI=1S/C20H18BrN3O3/c1-23-16-11-24(14-7-9-15(27-2)10-8-14)19(25)17(16)18(22-20(23)26)12-3-5-13(21)6-4-12/h3-10,18H,11H2,1-2H3,(H,22,26)/t18-/m1/s1. The Morgan fingerprint density at radius 3 is 2.37 bits per heavy atom. The van der Waals surface area contributed by atoms with Gasteiger partial charge in [0.25, 0.3) is 5.91 Å². The summed E-state index contributed by atoms with van der Waals surface area (Å²) in [7, 11) is 3.29. The molecule has 2 aromatic carbocycles. The summed E-state index contributed by atoms with van der Waals surface area (Å²) in [5.41, 5.74) is 2.98. The molecule has 0 fully saturated rings. The zero-order valence-electron chi connectivity index (χ0n) is 14.9. The van der Waals surface area contributed by atoms with E-state index < -0.39 is 6.04 Å². The van der Waals surface area contributed by atoms with Gasteiger partial charge < -0.3 is 15.0 Å². The van der Waals surface area contributed by atoms with Crippen LogP contribution in [0.2, 0.25) is 0 Å². The van der Waals surface area contributed by atoms with Crippen LogP contribution in [-0.2, 0) is 4.79 Å². The molecule has 1 atom stereocenters. The van der Waals surface area contributed by atoms with Crippen molar-refractivity contribution in [3.05, 3.63) is 69.8 Å². The molecule has 6 nitrogen and oxygen atoms in total. The number of rotatable bonds is 3. The second kappa shape index (κ2) is 6.74. The Bertz CT molecular complexity index is 938. The number of amides is 3. The van der Waals surface area contributed by atoms with Crippen molar-refractivity contribution >= 4 is 33.6 Å². The molecule has 138 valence electrons. The lowest BCUT2D eigenvalue weighted by molar-refractivity contribution is -0.114. The van der Waals surface area contributed by atoms with E-state index >= 15 is 0 Å². The van der Waals surface area contributed by atoms with Crippen molar-refractivity contribution in [2.75, 3.05) is 25.6 Å². The Hall–Kier alpha value is -2.80. The summed E-state index contributed by atoms with van der Waals surface area (Å²) < 4.78 is 6.13. The molecule has 2 aliphatic heterocycles. The van der Waals surface area contributed by atoms with Crippen LogP contribution >= 0.6 is 15.9 Å². The highest BCUT2D eigenvalue weighted by atomic mass is 79.9. The number of benzene rings is 2. The van der Waals surface area contributed by atoms with E-state index in [9.17, 15) is 9.59 Å². The summed E-state index contributed by atoms with van der Waals surface area (Å²) in [6.07, 6.45) is 0. The molecular weight excluding hydrogens is 410 g/mol. The maximum Gasteiger partial charge on any atom is 0.322 e. The largest absolute Gasteiger partial charge is 0.497 e. The van der Waals surface area contributed by atoms with Gasteiger partial charge >= 0.3 is 6.03 Å². The number of hydrogen-bond acceptors (Lipinski definition) is 3. The topological polar surface area (TPSA) is 61.9 Å². The fourth-order valence-corrected chi connectivity index (χ4v) is 3.71. The van der Waals surface area contributed by atoms with E-state index in [-0.39, 0.29) is 11.9 Å². The quantitative estimate of drug-likeness (QED) is 0.815. The van der Waals surface area contributed by atoms with Gasteiger partial charge in [-0.15, -0.1) is 0 Å². The summed E-state index contributed by atoms with van der Waals surface area (Å²) in [5, 5.41) is 2.94. The first-order chi connectivity index (χ1) is 13.0. The second-order valence-electron chi connectivity index (χ2n) is 6.44. The summed E-state index contributed by atoms with van der Waals surface area (Å²) in [4.78, 5) is 28.9. The van der Waals surface area contributed by atoms with Crippen molar-refractivity contribution in [2.24, 2.45) is 0 Å². The van der Waals surface area contributed by atoms with Gasteiger partial charge in [0.2, 0.25) is 0 Å². The van der Waals surface area contributed by atoms with Crippen molar-refractivity contribution in [1.29, 1.82) is 0 Å². The van der Waals surface area contributed by atoms with Gasteiger partial charge in [0.05, 0.1) is 31.0 Å². The summed E-state index contributed by atoms with van der Waals surface area (Å²) in [5.74, 6) is 0.625. The van der Waals surface area contributed by atoms with Crippen molar-refractivity contribution < 1.29 is 14.3 Å². The van der Waals surface area contributed by atoms with Crippen LogP contribution in [0.3, 0.4) is 0 Å². The smallest absolute Gasteiger partial charge is 0.322 e. The highest BCUT2D eigenvalue weighted by Gasteiger charge is 2.43. The summed E-state index contributed by atoms with van der Waals surface area (Å²) in [6, 6.07) is 14.3. The highest BCUT2D eigenvalue weighted by Crippen LogP contribution is 2.38. The molecule has 2 aliphatic rings. The zero-order chi connectivity index (χ0) is 19.1. The Labute approximate surface area is 165 Å². The van der Waals surface area contributed by atoms with Crippen molar-refractivity contribution in [1.82, 2.24) is 10.2 Å². The fraction of sp³-hybridized carbons (Fsp3) is 0.200. The number of carbonyl (C=O) groups is 2. The van der Waals surface area contributed by atoms with Gasteiger partial charge in [-0.05, 0) is 42.0 Å². The highest BCUT2D eigenvalue weighted by molar-refractivity contribution is 9.10. The van der Waals surface area contributed by atoms with Crippen LogP contribution in [0.15, 0.2) is 64.3 Å². The Balaban J connectivity index is 1.72. The van der Waals surface area contributed by atoms with Gasteiger partial charge in [-0.2, -0.15) is 0 Å². The van der Waals surface area contributed by atoms with Crippen LogP contribution in [0.1, 0.15) is 11.6 Å². The molecule has 0 bridgehead atoms. The normalized spacial score (nSPS) is 19.3. The first kappa shape index (κ1) is 17.6. The van der Waals surface area contributed by atoms with Crippen molar-refractivity contribution in [2.45, 2.75) is 6.04 Å². The Morgan fingerprint density at radius 2 is 1.74 bits per heavy atom. The van der Waals surface area contributed by atoms with E-state index in [1.54, 1.807) is 19.1 Å². The van der Waals surface area contributed by atoms with E-state index in [1.165, 1.54) is 4.90 Å². The van der Waals surface area contributed by atoms with Gasteiger partial charge in [0.1, 0.15) is 5.75 Å². The van der Waals surface area contributed by atoms with Crippen molar-refractivity contribution in [3.63, 3.8) is 0 Å². The molecule has 0 spiro atoms. The van der Waals surface area contributed by atoms with E-state index in [2.05, 4.69) is 21.2 Å². The second-order valence-corrected chi connectivity index (χ2v) is 7.36. The molecule has 0 saturated carbocycles. The molecular formula is C20H18BrN3O3. The van der Waals surface area contributed by atoms with E-state index in [0.29, 0.717) is 12.1 Å². The minimum absolute atomic E-state index is 0.102. The monoisotopic (exact) mass is 427 g/mol. The van der Waals surface area contributed by atoms with E-state index in [1.807, 2.05) is 48.5 Å². The molecule has 27 heavy (non-hydrogen) atoms. The molecule has 0 unspecified atom stereocenters. The maximum atomic E-state index is 13.2. The third-order valence-electron chi connectivity index (χ3n) is 4.95. The van der Waals surface area contributed by atoms with Crippen LogP contribution in [0.5, 0.6) is 5.75 Å². The average Bonchev–Trinajstić information content (AvgIpc) is 3.03. The van der Waals surface area contributed by atoms with Gasteiger partial charge in [-0.1, -0.05) is 28.1 Å². The number of nitrogens with zero attached hydrogens (tertiary/aromatic N) is 2. The molecule has 3 amide bonds. The molecule has 4 rings (SSSR count). The summed E-state index contributed by atoms with van der Waals surface area (Å²) >= 11 is 3.42. The minimum atomic E-state index is -0.465. The Morgan fingerprint density at radius 1 is 1.07 bits per heavy atom. The van der Waals surface area contributed by atoms with E-state index in [4.69, 9.17) is 4.74 Å². The third kappa shape index (κ3) is 2.98. The number of ether oxygens (including phenoxy) is 1. The van der Waals surface area contributed by atoms with E-state index in [0.717, 1.165) is 27.2 Å². The lowest BCUT2D eigenvalue weighted by atomic mass is 9.96. The van der Waals surface area contributed by atoms with Crippen LogP contribution in [0, 0.1) is 0 Å². The number of methoxy groups -OCH3 is 1. The lowest BCUT2D eigenvalue weighted by Gasteiger charge is -2.31. The molecule has 2 aromatic rings. The maximum absolute atomic E-state index is 13.2. The molecule has 2 heterocycles. The van der Waals surface area contributed by atoms with Crippen LogP contribution in [0.25, 0.3) is 0 Å². The number of nitrogens with one attached hydrogen (secondary N) is 1. The first-order valence-electron chi connectivity index (χ1n) is 8.48. The molecule has 7 heteroatoms. The number of carbonyl (C=O) groups excluding carboxylic acids is 2. The predicted molar refractivity (Wildman–Crippen MR) is 106 cm³/mol. The molecule has 1 N–H and O–H groups in total. The van der Waals surface area contributed by atoms with Gasteiger partial charge in [0.15, 0.2) is 0 Å². The van der Waals surface area contributed by atoms with Gasteiger partial charge in [-0.25, -0.2) is 4.79 Å². The van der Waals surface area contributed by atoms with Crippen LogP contribution in [0.4, 0.5) is 10.5 Å². The third-order valence-corrected chi connectivity index (χ3v) is 5.48. The molecule has 0 radical (unpaired) electrons. The predicted octanol–water partition coefficient (Wildman–Crippen LogP) is 3.45. The van der Waals surface area contributed by atoms with Crippen LogP contribution < -0.4 is 15.0 Å². The SMILES string of the molecule is COc1ccc(N2CC3=C(C2=O)[C@@H](c2ccc(Br)cc2)NC(=O)N3C)cc1. The average molecular weight is 428 g/mol. The van der Waals surface area contributed by atoms with Crippen LogP contribution in [-0.4, -0.2) is 37.5 Å². The van der Waals surface area contributed by atoms with Crippen molar-refractivity contribution in [3.8, 4) is 5.75 Å². The lowest BCUT2D eigenvalue weighted by Crippen LogP contribution is -2.45. The number of hydrogen-bond donors (Lipinski definition) is 1. The number of likely N-dealkylation sites (N-methyl/N-ethyl adjacent to an activating group) is 1. The van der Waals surface area contributed by atoms with Gasteiger partial charge in [0, 0.05) is 17.2 Å². The van der Waals surface area contributed by atoms with Gasteiger partial charge in [-0.3, -0.25) is 9.69 Å². The Kier molecular flexibility index (Phi) is 4.39. The molecule has 0 saturated heterocycles. The number of halogens is 1. The summed E-state index contributed by atoms with van der Waals surface area (Å²) in [6.45, 7) is 0.359. The number of urea groups is 1. The zero-order valence-corrected chi connectivity index (χ0v) is 16.5. The molecule has 0 aromatic heterocycles.